The van der Waals surface area contributed by atoms with Crippen LogP contribution in [0.3, 0.4) is 0 Å². The molecule has 0 spiro atoms. The first kappa shape index (κ1) is 11.7. The number of hydrogen-bond acceptors (Lipinski definition) is 3. The number of rotatable bonds is 5. The van der Waals surface area contributed by atoms with Crippen LogP contribution >= 0.6 is 0 Å². The molecule has 0 fully saturated rings. The first-order valence-electron chi connectivity index (χ1n) is 5.75. The lowest BCUT2D eigenvalue weighted by atomic mass is 10.2. The van der Waals surface area contributed by atoms with Gasteiger partial charge in [-0.25, -0.2) is 4.98 Å². The lowest BCUT2D eigenvalue weighted by Gasteiger charge is -2.07. The fraction of sp³-hybridized carbons (Fsp3) is 0.308. The standard InChI is InChI=1S/C13H17N3O/c1-3-17-12-7-5-4-6-11(12)13-15-9-10(16-13)8-14-2/h4-7,9,14H,3,8H2,1-2H3,(H,15,16). The van der Waals surface area contributed by atoms with E-state index in [0.29, 0.717) is 6.61 Å². The van der Waals surface area contributed by atoms with Crippen LogP contribution < -0.4 is 10.1 Å². The Morgan fingerprint density at radius 1 is 1.35 bits per heavy atom. The third-order valence-electron chi connectivity index (χ3n) is 2.44. The predicted octanol–water partition coefficient (Wildman–Crippen LogP) is 2.19. The summed E-state index contributed by atoms with van der Waals surface area (Å²) in [6, 6.07) is 7.91. The van der Waals surface area contributed by atoms with Gasteiger partial charge in [-0.2, -0.15) is 0 Å². The van der Waals surface area contributed by atoms with E-state index < -0.39 is 0 Å². The molecule has 1 aromatic carbocycles. The predicted molar refractivity (Wildman–Crippen MR) is 68.0 cm³/mol. The third kappa shape index (κ3) is 2.65. The van der Waals surface area contributed by atoms with Gasteiger partial charge in [0.1, 0.15) is 11.6 Å². The van der Waals surface area contributed by atoms with Crippen LogP contribution in [0.25, 0.3) is 11.4 Å². The van der Waals surface area contributed by atoms with E-state index in [-0.39, 0.29) is 0 Å². The smallest absolute Gasteiger partial charge is 0.141 e. The number of aromatic nitrogens is 2. The van der Waals surface area contributed by atoms with E-state index in [1.54, 1.807) is 0 Å². The SMILES string of the molecule is CCOc1ccccc1-c1ncc(CNC)[nH]1. The summed E-state index contributed by atoms with van der Waals surface area (Å²) >= 11 is 0. The third-order valence-corrected chi connectivity index (χ3v) is 2.44. The fourth-order valence-electron chi connectivity index (χ4n) is 1.72. The topological polar surface area (TPSA) is 49.9 Å². The van der Waals surface area contributed by atoms with Gasteiger partial charge in [-0.3, -0.25) is 0 Å². The van der Waals surface area contributed by atoms with Crippen molar-refractivity contribution < 1.29 is 4.74 Å². The van der Waals surface area contributed by atoms with Gasteiger partial charge in [0.05, 0.1) is 12.2 Å². The zero-order valence-corrected chi connectivity index (χ0v) is 10.2. The maximum absolute atomic E-state index is 5.59. The minimum Gasteiger partial charge on any atom is -0.493 e. The highest BCUT2D eigenvalue weighted by molar-refractivity contribution is 5.64. The Hall–Kier alpha value is -1.81. The van der Waals surface area contributed by atoms with Crippen molar-refractivity contribution in [2.75, 3.05) is 13.7 Å². The van der Waals surface area contributed by atoms with Crippen LogP contribution in [0.15, 0.2) is 30.5 Å². The number of nitrogens with zero attached hydrogens (tertiary/aromatic N) is 1. The number of aromatic amines is 1. The van der Waals surface area contributed by atoms with E-state index in [9.17, 15) is 0 Å². The average molecular weight is 231 g/mol. The Morgan fingerprint density at radius 2 is 2.18 bits per heavy atom. The van der Waals surface area contributed by atoms with E-state index in [2.05, 4.69) is 15.3 Å². The lowest BCUT2D eigenvalue weighted by Crippen LogP contribution is -2.04. The summed E-state index contributed by atoms with van der Waals surface area (Å²) in [5.74, 6) is 1.71. The highest BCUT2D eigenvalue weighted by atomic mass is 16.5. The van der Waals surface area contributed by atoms with Crippen molar-refractivity contribution in [3.63, 3.8) is 0 Å². The highest BCUT2D eigenvalue weighted by Crippen LogP contribution is 2.27. The van der Waals surface area contributed by atoms with Gasteiger partial charge in [0.15, 0.2) is 0 Å². The van der Waals surface area contributed by atoms with E-state index in [1.807, 2.05) is 44.4 Å². The molecule has 2 rings (SSSR count). The van der Waals surface area contributed by atoms with Gasteiger partial charge >= 0.3 is 0 Å². The van der Waals surface area contributed by atoms with Crippen LogP contribution in [0.2, 0.25) is 0 Å². The minimum absolute atomic E-state index is 0.654. The minimum atomic E-state index is 0.654. The number of nitrogens with one attached hydrogen (secondary N) is 2. The second kappa shape index (κ2) is 5.50. The Labute approximate surface area is 101 Å². The second-order valence-corrected chi connectivity index (χ2v) is 3.72. The van der Waals surface area contributed by atoms with Crippen molar-refractivity contribution in [1.82, 2.24) is 15.3 Å². The van der Waals surface area contributed by atoms with Crippen LogP contribution in [0.5, 0.6) is 5.75 Å². The molecule has 4 heteroatoms. The van der Waals surface area contributed by atoms with Crippen molar-refractivity contribution >= 4 is 0 Å². The van der Waals surface area contributed by atoms with Crippen molar-refractivity contribution in [2.45, 2.75) is 13.5 Å². The molecule has 0 saturated heterocycles. The number of ether oxygens (including phenoxy) is 1. The van der Waals surface area contributed by atoms with Crippen molar-refractivity contribution in [3.05, 3.63) is 36.2 Å². The van der Waals surface area contributed by atoms with E-state index in [1.165, 1.54) is 0 Å². The van der Waals surface area contributed by atoms with Gasteiger partial charge < -0.3 is 15.0 Å². The molecule has 90 valence electrons. The van der Waals surface area contributed by atoms with Gasteiger partial charge in [-0.15, -0.1) is 0 Å². The van der Waals surface area contributed by atoms with Crippen molar-refractivity contribution in [3.8, 4) is 17.1 Å². The van der Waals surface area contributed by atoms with Crippen LogP contribution in [0, 0.1) is 0 Å². The molecule has 17 heavy (non-hydrogen) atoms. The molecule has 4 nitrogen and oxygen atoms in total. The highest BCUT2D eigenvalue weighted by Gasteiger charge is 2.08. The summed E-state index contributed by atoms with van der Waals surface area (Å²) in [4.78, 5) is 7.65. The summed E-state index contributed by atoms with van der Waals surface area (Å²) in [6.45, 7) is 3.41. The van der Waals surface area contributed by atoms with Gasteiger partial charge in [0.2, 0.25) is 0 Å². The zero-order chi connectivity index (χ0) is 12.1. The number of hydrogen-bond donors (Lipinski definition) is 2. The molecule has 2 aromatic rings. The number of imidazole rings is 1. The van der Waals surface area contributed by atoms with Crippen molar-refractivity contribution in [2.24, 2.45) is 0 Å². The molecule has 0 radical (unpaired) electrons. The maximum atomic E-state index is 5.59. The molecule has 0 unspecified atom stereocenters. The quantitative estimate of drug-likeness (QED) is 0.829. The molecule has 0 aliphatic heterocycles. The Bertz CT molecular complexity index is 479. The summed E-state index contributed by atoms with van der Waals surface area (Å²) < 4.78 is 5.59. The lowest BCUT2D eigenvalue weighted by molar-refractivity contribution is 0.341. The zero-order valence-electron chi connectivity index (χ0n) is 10.2. The Morgan fingerprint density at radius 3 is 2.94 bits per heavy atom. The first-order valence-corrected chi connectivity index (χ1v) is 5.75. The summed E-state index contributed by atoms with van der Waals surface area (Å²) in [5.41, 5.74) is 2.06. The van der Waals surface area contributed by atoms with Crippen LogP contribution in [0.1, 0.15) is 12.6 Å². The molecule has 0 aliphatic rings. The molecule has 1 aromatic heterocycles. The molecule has 0 bridgehead atoms. The molecule has 1 heterocycles. The average Bonchev–Trinajstić information content (AvgIpc) is 2.79. The van der Waals surface area contributed by atoms with E-state index >= 15 is 0 Å². The van der Waals surface area contributed by atoms with Crippen LogP contribution in [0.4, 0.5) is 0 Å². The van der Waals surface area contributed by atoms with Crippen LogP contribution in [-0.2, 0) is 6.54 Å². The Balaban J connectivity index is 2.31. The molecule has 0 amide bonds. The summed E-state index contributed by atoms with van der Waals surface area (Å²) in [6.07, 6.45) is 1.84. The molecule has 2 N–H and O–H groups in total. The largest absolute Gasteiger partial charge is 0.493 e. The molecule has 0 aliphatic carbocycles. The molecular formula is C13H17N3O. The van der Waals surface area contributed by atoms with Crippen molar-refractivity contribution in [1.29, 1.82) is 0 Å². The summed E-state index contributed by atoms with van der Waals surface area (Å²) in [7, 11) is 1.91. The molecule has 0 saturated carbocycles. The fourth-order valence-corrected chi connectivity index (χ4v) is 1.72. The van der Waals surface area contributed by atoms with Gasteiger partial charge in [0, 0.05) is 18.4 Å². The van der Waals surface area contributed by atoms with Gasteiger partial charge in [0.25, 0.3) is 0 Å². The monoisotopic (exact) mass is 231 g/mol. The number of benzene rings is 1. The normalized spacial score (nSPS) is 10.5. The Kier molecular flexibility index (Phi) is 3.77. The first-order chi connectivity index (χ1) is 8.35. The van der Waals surface area contributed by atoms with E-state index in [0.717, 1.165) is 29.4 Å². The second-order valence-electron chi connectivity index (χ2n) is 3.72. The van der Waals surface area contributed by atoms with Gasteiger partial charge in [-0.1, -0.05) is 12.1 Å². The van der Waals surface area contributed by atoms with Crippen LogP contribution in [-0.4, -0.2) is 23.6 Å². The van der Waals surface area contributed by atoms with E-state index in [4.69, 9.17) is 4.74 Å². The van der Waals surface area contributed by atoms with Gasteiger partial charge in [-0.05, 0) is 26.1 Å². The molecule has 0 atom stereocenters. The number of para-hydroxylation sites is 1. The number of H-pyrrole nitrogens is 1. The summed E-state index contributed by atoms with van der Waals surface area (Å²) in [5, 5.41) is 3.09. The maximum Gasteiger partial charge on any atom is 0.141 e. The molecular weight excluding hydrogens is 214 g/mol.